The van der Waals surface area contributed by atoms with Gasteiger partial charge < -0.3 is 19.6 Å². The molecule has 7 nitrogen and oxygen atoms in total. The van der Waals surface area contributed by atoms with E-state index in [0.29, 0.717) is 12.1 Å². The van der Waals surface area contributed by atoms with Gasteiger partial charge in [-0.15, -0.1) is 24.9 Å². The molecule has 0 radical (unpaired) electrons. The average Bonchev–Trinajstić information content (AvgIpc) is 3.59. The Hall–Kier alpha value is -2.62. The van der Waals surface area contributed by atoms with Gasteiger partial charge in [-0.05, 0) is 54.5 Å². The number of hydrogen-bond donors (Lipinski definition) is 1. The molecule has 1 N–H and O–H groups in total. The number of unbranched alkanes of at least 4 members (excludes halogenated alkanes) is 2. The fourth-order valence-electron chi connectivity index (χ4n) is 7.20. The number of esters is 1. The molecule has 7 atom stereocenters. The van der Waals surface area contributed by atoms with E-state index in [2.05, 4.69) is 29.1 Å². The van der Waals surface area contributed by atoms with Crippen molar-refractivity contribution in [2.24, 2.45) is 17.8 Å². The van der Waals surface area contributed by atoms with Crippen LogP contribution >= 0.6 is 27.7 Å². The molecule has 0 saturated carbocycles. The number of amides is 2. The van der Waals surface area contributed by atoms with Crippen LogP contribution in [-0.2, 0) is 19.1 Å². The number of benzene rings is 2. The Morgan fingerprint density at radius 1 is 1.19 bits per heavy atom. The van der Waals surface area contributed by atoms with E-state index in [1.165, 1.54) is 0 Å². The molecule has 230 valence electrons. The van der Waals surface area contributed by atoms with E-state index in [-0.39, 0.29) is 53.5 Å². The van der Waals surface area contributed by atoms with Gasteiger partial charge in [0.15, 0.2) is 0 Å². The SMILES string of the molecule is C=CCCCCOC(=O)[C@H]1[C@H]2C(=O)N([C@@H](CO)C(C)C)C(C(=O)N(CC=C)c3ccc4ccccc4c3)C23CC(Br)[C@@H]1S3. The highest BCUT2D eigenvalue weighted by Gasteiger charge is 2.76. The third-order valence-corrected chi connectivity index (χ3v) is 12.4. The molecule has 3 aliphatic rings. The number of thioether (sulfide) groups is 1. The maximum Gasteiger partial charge on any atom is 0.310 e. The number of alkyl halides is 1. The summed E-state index contributed by atoms with van der Waals surface area (Å²) in [5.74, 6) is -2.33. The fraction of sp³-hybridized carbons (Fsp3) is 0.500. The summed E-state index contributed by atoms with van der Waals surface area (Å²) in [6.07, 6.45) is 6.54. The zero-order chi connectivity index (χ0) is 30.9. The Labute approximate surface area is 266 Å². The lowest BCUT2D eigenvalue weighted by Gasteiger charge is -2.41. The third kappa shape index (κ3) is 5.57. The molecule has 3 saturated heterocycles. The van der Waals surface area contributed by atoms with Crippen LogP contribution in [0.25, 0.3) is 10.8 Å². The van der Waals surface area contributed by atoms with Crippen molar-refractivity contribution < 1.29 is 24.2 Å². The van der Waals surface area contributed by atoms with Gasteiger partial charge in [0.25, 0.3) is 5.91 Å². The summed E-state index contributed by atoms with van der Waals surface area (Å²) in [6, 6.07) is 12.4. The van der Waals surface area contributed by atoms with Gasteiger partial charge in [0.05, 0.1) is 35.8 Å². The van der Waals surface area contributed by atoms with Gasteiger partial charge in [-0.3, -0.25) is 14.4 Å². The molecule has 2 aromatic rings. The van der Waals surface area contributed by atoms with E-state index in [9.17, 15) is 19.5 Å². The van der Waals surface area contributed by atoms with Crippen LogP contribution in [0, 0.1) is 17.8 Å². The van der Waals surface area contributed by atoms with Crippen LogP contribution in [0.3, 0.4) is 0 Å². The molecule has 3 fully saturated rings. The van der Waals surface area contributed by atoms with Crippen molar-refractivity contribution in [3.05, 3.63) is 67.8 Å². The van der Waals surface area contributed by atoms with Crippen LogP contribution in [-0.4, -0.2) is 74.5 Å². The summed E-state index contributed by atoms with van der Waals surface area (Å²) in [7, 11) is 0. The number of allylic oxidation sites excluding steroid dienone is 1. The summed E-state index contributed by atoms with van der Waals surface area (Å²) < 4.78 is 4.92. The molecule has 9 heteroatoms. The molecule has 5 rings (SSSR count). The van der Waals surface area contributed by atoms with Crippen molar-refractivity contribution in [2.75, 3.05) is 24.7 Å². The van der Waals surface area contributed by atoms with Crippen LogP contribution < -0.4 is 4.90 Å². The van der Waals surface area contributed by atoms with E-state index in [1.807, 2.05) is 62.4 Å². The van der Waals surface area contributed by atoms with Crippen molar-refractivity contribution >= 4 is 61.9 Å². The first-order valence-electron chi connectivity index (χ1n) is 15.1. The first kappa shape index (κ1) is 31.8. The molecular weight excluding hydrogens is 628 g/mol. The molecule has 3 unspecified atom stereocenters. The van der Waals surface area contributed by atoms with Gasteiger partial charge in [0.2, 0.25) is 5.91 Å². The number of fused-ring (bicyclic) bond motifs is 2. The van der Waals surface area contributed by atoms with Crippen LogP contribution in [0.5, 0.6) is 0 Å². The monoisotopic (exact) mass is 668 g/mol. The maximum absolute atomic E-state index is 14.9. The van der Waals surface area contributed by atoms with E-state index in [0.717, 1.165) is 30.0 Å². The quantitative estimate of drug-likeness (QED) is 0.127. The smallest absolute Gasteiger partial charge is 0.310 e. The van der Waals surface area contributed by atoms with Crippen LogP contribution in [0.15, 0.2) is 67.8 Å². The molecule has 1 spiro atoms. The average molecular weight is 670 g/mol. The largest absolute Gasteiger partial charge is 0.465 e. The first-order chi connectivity index (χ1) is 20.7. The van der Waals surface area contributed by atoms with Crippen LogP contribution in [0.1, 0.15) is 39.5 Å². The van der Waals surface area contributed by atoms with Crippen molar-refractivity contribution in [2.45, 2.75) is 66.4 Å². The van der Waals surface area contributed by atoms with Gasteiger partial charge in [-0.2, -0.15) is 0 Å². The second kappa shape index (κ2) is 13.2. The summed E-state index contributed by atoms with van der Waals surface area (Å²) in [4.78, 5) is 46.3. The van der Waals surface area contributed by atoms with E-state index in [1.54, 1.807) is 27.6 Å². The lowest BCUT2D eigenvalue weighted by molar-refractivity contribution is -0.154. The highest BCUT2D eigenvalue weighted by molar-refractivity contribution is 9.09. The third-order valence-electron chi connectivity index (χ3n) is 9.22. The van der Waals surface area contributed by atoms with E-state index >= 15 is 0 Å². The Morgan fingerprint density at radius 3 is 2.60 bits per heavy atom. The predicted molar refractivity (Wildman–Crippen MR) is 176 cm³/mol. The summed E-state index contributed by atoms with van der Waals surface area (Å²) in [5, 5.41) is 12.4. The number of likely N-dealkylation sites (tertiary alicyclic amines) is 1. The molecule has 2 aromatic carbocycles. The molecular formula is C34H41BrN2O5S. The Balaban J connectivity index is 1.55. The van der Waals surface area contributed by atoms with Crippen molar-refractivity contribution in [1.82, 2.24) is 4.90 Å². The first-order valence-corrected chi connectivity index (χ1v) is 16.9. The zero-order valence-electron chi connectivity index (χ0n) is 24.9. The minimum atomic E-state index is -0.864. The zero-order valence-corrected chi connectivity index (χ0v) is 27.3. The van der Waals surface area contributed by atoms with Crippen molar-refractivity contribution in [3.63, 3.8) is 0 Å². The lowest BCUT2D eigenvalue weighted by atomic mass is 9.71. The number of aliphatic hydroxyl groups is 1. The highest BCUT2D eigenvalue weighted by Crippen LogP contribution is 2.68. The molecule has 3 aliphatic heterocycles. The summed E-state index contributed by atoms with van der Waals surface area (Å²) >= 11 is 5.40. The predicted octanol–water partition coefficient (Wildman–Crippen LogP) is 5.74. The maximum atomic E-state index is 14.9. The number of anilines is 1. The van der Waals surface area contributed by atoms with Crippen molar-refractivity contribution in [3.8, 4) is 0 Å². The number of halogens is 1. The Bertz CT molecular complexity index is 1400. The number of aliphatic hydroxyl groups excluding tert-OH is 1. The standard InChI is InChI=1S/C34H41BrN2O5S/c1-5-7-8-11-17-42-33(41)27-28-31(39)37(26(20-38)21(3)4)30(34(28)19-25(35)29(27)43-34)32(40)36(16-6-2)24-15-14-22-12-9-10-13-23(22)18-24/h5-6,9-10,12-15,18,21,25-30,38H,1-2,7-8,11,16-17,19-20H2,3-4H3/t25?,26-,27-,28-,29-,30?,34?/m0/s1. The topological polar surface area (TPSA) is 87.1 Å². The Morgan fingerprint density at radius 2 is 1.93 bits per heavy atom. The molecule has 0 aliphatic carbocycles. The minimum Gasteiger partial charge on any atom is -0.465 e. The number of carbonyl (C=O) groups excluding carboxylic acids is 3. The second-order valence-corrected chi connectivity index (χ2v) is 14.8. The molecule has 2 amide bonds. The number of nitrogens with zero attached hydrogens (tertiary/aromatic N) is 2. The summed E-state index contributed by atoms with van der Waals surface area (Å²) in [6.45, 7) is 11.8. The highest BCUT2D eigenvalue weighted by atomic mass is 79.9. The molecule has 3 heterocycles. The Kier molecular flexibility index (Phi) is 9.73. The van der Waals surface area contributed by atoms with Gasteiger partial charge in [0.1, 0.15) is 6.04 Å². The number of carbonyl (C=O) groups is 3. The van der Waals surface area contributed by atoms with Gasteiger partial charge in [0, 0.05) is 22.3 Å². The van der Waals surface area contributed by atoms with E-state index < -0.39 is 28.7 Å². The number of hydrogen-bond acceptors (Lipinski definition) is 6. The summed E-state index contributed by atoms with van der Waals surface area (Å²) in [5.41, 5.74) is 0.712. The van der Waals surface area contributed by atoms with Gasteiger partial charge in [-0.1, -0.05) is 72.3 Å². The lowest BCUT2D eigenvalue weighted by Crippen LogP contribution is -2.59. The molecule has 43 heavy (non-hydrogen) atoms. The van der Waals surface area contributed by atoms with E-state index in [4.69, 9.17) is 4.74 Å². The number of rotatable bonds is 13. The van der Waals surface area contributed by atoms with Gasteiger partial charge >= 0.3 is 5.97 Å². The normalized spacial score (nSPS) is 28.3. The second-order valence-electron chi connectivity index (χ2n) is 12.1. The molecule has 0 aromatic heterocycles. The van der Waals surface area contributed by atoms with Crippen molar-refractivity contribution in [1.29, 1.82) is 0 Å². The van der Waals surface area contributed by atoms with Crippen LogP contribution in [0.2, 0.25) is 0 Å². The fourth-order valence-corrected chi connectivity index (χ4v) is 10.8. The molecule has 2 bridgehead atoms. The van der Waals surface area contributed by atoms with Gasteiger partial charge in [-0.25, -0.2) is 0 Å². The van der Waals surface area contributed by atoms with Crippen LogP contribution in [0.4, 0.5) is 5.69 Å². The number of ether oxygens (including phenoxy) is 1. The minimum absolute atomic E-state index is 0.0599.